The summed E-state index contributed by atoms with van der Waals surface area (Å²) in [5.74, 6) is 0.563. The van der Waals surface area contributed by atoms with Crippen LogP contribution in [-0.2, 0) is 0 Å². The van der Waals surface area contributed by atoms with Crippen molar-refractivity contribution >= 4 is 11.5 Å². The van der Waals surface area contributed by atoms with E-state index in [0.717, 1.165) is 24.1 Å². The maximum Gasteiger partial charge on any atom is 0.166 e. The van der Waals surface area contributed by atoms with Crippen LogP contribution in [-0.4, -0.2) is 32.0 Å². The zero-order valence-corrected chi connectivity index (χ0v) is 11.7. The zero-order chi connectivity index (χ0) is 13.4. The lowest BCUT2D eigenvalue weighted by Gasteiger charge is -2.28. The second kappa shape index (κ2) is 4.97. The first-order valence-electron chi connectivity index (χ1n) is 7.21. The summed E-state index contributed by atoms with van der Waals surface area (Å²) >= 11 is 0. The number of benzene rings is 1. The Kier molecular flexibility index (Phi) is 3.31. The Morgan fingerprint density at radius 3 is 2.21 bits per heavy atom. The summed E-state index contributed by atoms with van der Waals surface area (Å²) in [6.07, 6.45) is 4.53. The first kappa shape index (κ1) is 12.7. The third-order valence-corrected chi connectivity index (χ3v) is 4.51. The van der Waals surface area contributed by atoms with Crippen molar-refractivity contribution in [2.75, 3.05) is 19.0 Å². The van der Waals surface area contributed by atoms with Gasteiger partial charge in [0.05, 0.1) is 0 Å². The average molecular weight is 258 g/mol. The van der Waals surface area contributed by atoms with Gasteiger partial charge in [-0.3, -0.25) is 4.79 Å². The highest BCUT2D eigenvalue weighted by atomic mass is 16.1. The number of ketones is 1. The number of carbonyl (C=O) groups excluding carboxylic acids is 1. The van der Waals surface area contributed by atoms with Crippen LogP contribution in [0.3, 0.4) is 0 Å². The van der Waals surface area contributed by atoms with Crippen molar-refractivity contribution < 1.29 is 4.79 Å². The van der Waals surface area contributed by atoms with Crippen LogP contribution in [0.2, 0.25) is 0 Å². The monoisotopic (exact) mass is 258 g/mol. The van der Waals surface area contributed by atoms with Crippen molar-refractivity contribution in [2.45, 2.75) is 37.8 Å². The van der Waals surface area contributed by atoms with E-state index >= 15 is 0 Å². The van der Waals surface area contributed by atoms with Crippen LogP contribution in [0.5, 0.6) is 0 Å². The molecule has 19 heavy (non-hydrogen) atoms. The van der Waals surface area contributed by atoms with Gasteiger partial charge in [-0.2, -0.15) is 0 Å². The maximum absolute atomic E-state index is 12.6. The molecule has 0 aliphatic carbocycles. The second-order valence-corrected chi connectivity index (χ2v) is 6.11. The van der Waals surface area contributed by atoms with Gasteiger partial charge in [0.2, 0.25) is 0 Å². The van der Waals surface area contributed by atoms with Gasteiger partial charge >= 0.3 is 0 Å². The molecule has 0 spiro atoms. The van der Waals surface area contributed by atoms with Crippen LogP contribution in [0, 0.1) is 5.92 Å². The van der Waals surface area contributed by atoms with Gasteiger partial charge < -0.3 is 10.2 Å². The maximum atomic E-state index is 12.6. The number of hydrogen-bond acceptors (Lipinski definition) is 3. The summed E-state index contributed by atoms with van der Waals surface area (Å²) in [6, 6.07) is 9.16. The summed E-state index contributed by atoms with van der Waals surface area (Å²) in [4.78, 5) is 14.6. The summed E-state index contributed by atoms with van der Waals surface area (Å²) in [7, 11) is 4.03. The number of carbonyl (C=O) groups is 1. The van der Waals surface area contributed by atoms with Gasteiger partial charge in [0.15, 0.2) is 5.78 Å². The molecule has 2 heterocycles. The van der Waals surface area contributed by atoms with Crippen LogP contribution in [0.1, 0.15) is 36.0 Å². The molecule has 0 saturated carbocycles. The van der Waals surface area contributed by atoms with E-state index in [9.17, 15) is 4.79 Å². The van der Waals surface area contributed by atoms with E-state index in [4.69, 9.17) is 0 Å². The molecule has 1 aromatic rings. The quantitative estimate of drug-likeness (QED) is 0.845. The van der Waals surface area contributed by atoms with Gasteiger partial charge in [0.1, 0.15) is 0 Å². The molecule has 0 aromatic heterocycles. The number of nitrogens with zero attached hydrogens (tertiary/aromatic N) is 1. The molecule has 2 fully saturated rings. The largest absolute Gasteiger partial charge is 0.378 e. The van der Waals surface area contributed by atoms with Crippen LogP contribution in [0.25, 0.3) is 0 Å². The molecule has 2 atom stereocenters. The molecular formula is C16H22N2O. The van der Waals surface area contributed by atoms with Crippen LogP contribution in [0.15, 0.2) is 24.3 Å². The molecule has 1 aromatic carbocycles. The lowest BCUT2D eigenvalue weighted by atomic mass is 9.86. The molecule has 0 amide bonds. The second-order valence-electron chi connectivity index (χ2n) is 6.11. The summed E-state index contributed by atoms with van der Waals surface area (Å²) in [5, 5.41) is 3.59. The number of rotatable bonds is 3. The van der Waals surface area contributed by atoms with Gasteiger partial charge in [0, 0.05) is 43.3 Å². The molecule has 2 aliphatic heterocycles. The molecule has 102 valence electrons. The Labute approximate surface area is 115 Å². The number of piperidine rings is 1. The molecule has 2 aliphatic rings. The smallest absolute Gasteiger partial charge is 0.166 e. The van der Waals surface area contributed by atoms with E-state index in [0.29, 0.717) is 17.9 Å². The molecule has 3 nitrogen and oxygen atoms in total. The number of nitrogens with one attached hydrogen (secondary N) is 1. The fourth-order valence-corrected chi connectivity index (χ4v) is 3.43. The first-order chi connectivity index (χ1) is 9.13. The normalized spacial score (nSPS) is 29.3. The Morgan fingerprint density at radius 2 is 1.68 bits per heavy atom. The predicted octanol–water partition coefficient (Wildman–Crippen LogP) is 2.47. The Hall–Kier alpha value is -1.35. The Morgan fingerprint density at radius 1 is 1.11 bits per heavy atom. The molecule has 0 radical (unpaired) electrons. The van der Waals surface area contributed by atoms with Crippen molar-refractivity contribution in [2.24, 2.45) is 5.92 Å². The minimum absolute atomic E-state index is 0.226. The third-order valence-electron chi connectivity index (χ3n) is 4.51. The van der Waals surface area contributed by atoms with Crippen molar-refractivity contribution in [1.29, 1.82) is 0 Å². The zero-order valence-electron chi connectivity index (χ0n) is 11.7. The predicted molar refractivity (Wildman–Crippen MR) is 77.8 cm³/mol. The van der Waals surface area contributed by atoms with E-state index in [-0.39, 0.29) is 5.92 Å². The van der Waals surface area contributed by atoms with E-state index in [1.165, 1.54) is 12.8 Å². The summed E-state index contributed by atoms with van der Waals surface area (Å²) in [6.45, 7) is 0. The molecule has 2 unspecified atom stereocenters. The summed E-state index contributed by atoms with van der Waals surface area (Å²) in [5.41, 5.74) is 2.01. The Balaban J connectivity index is 1.73. The third kappa shape index (κ3) is 2.52. The molecule has 1 N–H and O–H groups in total. The summed E-state index contributed by atoms with van der Waals surface area (Å²) < 4.78 is 0. The van der Waals surface area contributed by atoms with Crippen LogP contribution in [0.4, 0.5) is 5.69 Å². The van der Waals surface area contributed by atoms with E-state index < -0.39 is 0 Å². The molecular weight excluding hydrogens is 236 g/mol. The van der Waals surface area contributed by atoms with E-state index in [1.54, 1.807) is 0 Å². The van der Waals surface area contributed by atoms with Crippen molar-refractivity contribution in [3.8, 4) is 0 Å². The van der Waals surface area contributed by atoms with Crippen molar-refractivity contribution in [1.82, 2.24) is 5.32 Å². The lowest BCUT2D eigenvalue weighted by molar-refractivity contribution is 0.0875. The lowest BCUT2D eigenvalue weighted by Crippen LogP contribution is -2.40. The highest BCUT2D eigenvalue weighted by Gasteiger charge is 2.36. The minimum atomic E-state index is 0.226. The topological polar surface area (TPSA) is 32.3 Å². The number of hydrogen-bond donors (Lipinski definition) is 1. The van der Waals surface area contributed by atoms with Gasteiger partial charge in [-0.1, -0.05) is 0 Å². The van der Waals surface area contributed by atoms with E-state index in [1.807, 2.05) is 38.4 Å². The van der Waals surface area contributed by atoms with Crippen LogP contribution >= 0.6 is 0 Å². The Bertz CT molecular complexity index is 454. The fourth-order valence-electron chi connectivity index (χ4n) is 3.43. The SMILES string of the molecule is CN(C)c1ccc(C(=O)C2CC3CCC(C2)N3)cc1. The van der Waals surface area contributed by atoms with Crippen LogP contribution < -0.4 is 10.2 Å². The van der Waals surface area contributed by atoms with E-state index in [2.05, 4.69) is 10.2 Å². The van der Waals surface area contributed by atoms with Crippen molar-refractivity contribution in [3.63, 3.8) is 0 Å². The van der Waals surface area contributed by atoms with Gasteiger partial charge in [-0.15, -0.1) is 0 Å². The number of Topliss-reactive ketones (excluding diaryl/α,β-unsaturated/α-hetero) is 1. The average Bonchev–Trinajstić information content (AvgIpc) is 2.76. The van der Waals surface area contributed by atoms with Gasteiger partial charge in [-0.25, -0.2) is 0 Å². The van der Waals surface area contributed by atoms with Crippen molar-refractivity contribution in [3.05, 3.63) is 29.8 Å². The van der Waals surface area contributed by atoms with Gasteiger partial charge in [-0.05, 0) is 49.9 Å². The van der Waals surface area contributed by atoms with Gasteiger partial charge in [0.25, 0.3) is 0 Å². The standard InChI is InChI=1S/C16H22N2O/c1-18(2)15-7-3-11(4-8-15)16(19)12-9-13-5-6-14(10-12)17-13/h3-4,7-8,12-14,17H,5-6,9-10H2,1-2H3. The fraction of sp³-hybridized carbons (Fsp3) is 0.562. The minimum Gasteiger partial charge on any atom is -0.378 e. The molecule has 3 heteroatoms. The first-order valence-corrected chi connectivity index (χ1v) is 7.21. The molecule has 3 rings (SSSR count). The molecule has 2 bridgehead atoms. The highest BCUT2D eigenvalue weighted by molar-refractivity contribution is 5.98. The number of anilines is 1. The molecule has 2 saturated heterocycles. The number of fused-ring (bicyclic) bond motifs is 2. The highest BCUT2D eigenvalue weighted by Crippen LogP contribution is 2.33.